The van der Waals surface area contributed by atoms with E-state index in [1.807, 2.05) is 0 Å². The van der Waals surface area contributed by atoms with E-state index >= 15 is 0 Å². The lowest BCUT2D eigenvalue weighted by atomic mass is 10.0. The largest absolute Gasteiger partial charge is 0.462 e. The molecule has 0 aromatic rings. The lowest BCUT2D eigenvalue weighted by Crippen LogP contribution is -2.30. The van der Waals surface area contributed by atoms with Crippen molar-refractivity contribution in [1.82, 2.24) is 0 Å². The van der Waals surface area contributed by atoms with Gasteiger partial charge in [0.1, 0.15) is 13.2 Å². The molecule has 0 bridgehead atoms. The molecule has 1 atom stereocenters. The number of carbonyl (C=O) groups excluding carboxylic acids is 3. The van der Waals surface area contributed by atoms with Gasteiger partial charge in [0.15, 0.2) is 6.10 Å². The molecule has 0 aromatic heterocycles. The molecule has 0 aliphatic heterocycles. The maximum Gasteiger partial charge on any atom is 0.306 e. The van der Waals surface area contributed by atoms with Crippen LogP contribution in [0.5, 0.6) is 0 Å². The standard InChI is InChI=1S/C77H148O6/c1-4-7-10-13-16-19-22-25-28-30-32-34-35-36-37-38-39-40-41-42-43-44-46-47-49-52-55-58-61-64-67-70-76(79)82-73-74(72-81-75(78)69-66-63-60-57-54-51-27-24-21-18-15-12-9-6-3)83-77(80)71-68-65-62-59-56-53-50-48-45-33-31-29-26-23-20-17-14-11-8-5-2/h24,27,74H,4-23,25-26,28-73H2,1-3H3/b27-24-. The molecule has 0 saturated heterocycles. The Morgan fingerprint density at radius 3 is 0.602 bits per heavy atom. The van der Waals surface area contributed by atoms with E-state index in [4.69, 9.17) is 14.2 Å². The fourth-order valence-corrected chi connectivity index (χ4v) is 12.0. The Morgan fingerprint density at radius 2 is 0.398 bits per heavy atom. The summed E-state index contributed by atoms with van der Waals surface area (Å²) in [5.74, 6) is -0.836. The molecule has 492 valence electrons. The Bertz CT molecular complexity index is 1300. The zero-order chi connectivity index (χ0) is 59.9. The molecule has 0 amide bonds. The van der Waals surface area contributed by atoms with Crippen molar-refractivity contribution in [3.8, 4) is 0 Å². The molecule has 0 spiro atoms. The zero-order valence-electron chi connectivity index (χ0n) is 56.8. The molecule has 6 nitrogen and oxygen atoms in total. The molecule has 0 radical (unpaired) electrons. The second-order valence-corrected chi connectivity index (χ2v) is 26.3. The Morgan fingerprint density at radius 1 is 0.229 bits per heavy atom. The Kier molecular flexibility index (Phi) is 71.0. The van der Waals surface area contributed by atoms with Crippen LogP contribution in [0.2, 0.25) is 0 Å². The van der Waals surface area contributed by atoms with E-state index in [0.29, 0.717) is 19.3 Å². The van der Waals surface area contributed by atoms with Crippen molar-refractivity contribution < 1.29 is 28.6 Å². The lowest BCUT2D eigenvalue weighted by Gasteiger charge is -2.18. The van der Waals surface area contributed by atoms with Crippen LogP contribution in [-0.2, 0) is 28.6 Å². The fraction of sp³-hybridized carbons (Fsp3) is 0.935. The number of allylic oxidation sites excluding steroid dienone is 2. The Balaban J connectivity index is 4.13. The number of esters is 3. The van der Waals surface area contributed by atoms with Gasteiger partial charge in [-0.15, -0.1) is 0 Å². The van der Waals surface area contributed by atoms with Crippen LogP contribution in [0.1, 0.15) is 445 Å². The van der Waals surface area contributed by atoms with Gasteiger partial charge in [0, 0.05) is 19.3 Å². The van der Waals surface area contributed by atoms with Gasteiger partial charge in [-0.05, 0) is 44.9 Å². The summed E-state index contributed by atoms with van der Waals surface area (Å²) >= 11 is 0. The first-order valence-electron chi connectivity index (χ1n) is 38.2. The molecule has 0 heterocycles. The second-order valence-electron chi connectivity index (χ2n) is 26.3. The van der Waals surface area contributed by atoms with Gasteiger partial charge in [0.05, 0.1) is 0 Å². The molecule has 0 N–H and O–H groups in total. The molecular formula is C77H148O6. The van der Waals surface area contributed by atoms with E-state index < -0.39 is 6.10 Å². The predicted molar refractivity (Wildman–Crippen MR) is 363 cm³/mol. The number of ether oxygens (including phenoxy) is 3. The average Bonchev–Trinajstić information content (AvgIpc) is 3.50. The minimum atomic E-state index is -0.770. The molecule has 0 rings (SSSR count). The summed E-state index contributed by atoms with van der Waals surface area (Å²) in [4.78, 5) is 38.5. The highest BCUT2D eigenvalue weighted by molar-refractivity contribution is 5.71. The van der Waals surface area contributed by atoms with Crippen molar-refractivity contribution in [2.45, 2.75) is 451 Å². The average molecular weight is 1170 g/mol. The van der Waals surface area contributed by atoms with E-state index in [1.54, 1.807) is 0 Å². The molecular weight excluding hydrogens is 1020 g/mol. The monoisotopic (exact) mass is 1170 g/mol. The van der Waals surface area contributed by atoms with E-state index in [1.165, 1.54) is 340 Å². The van der Waals surface area contributed by atoms with Crippen LogP contribution >= 0.6 is 0 Å². The van der Waals surface area contributed by atoms with E-state index in [-0.39, 0.29) is 31.1 Å². The van der Waals surface area contributed by atoms with Gasteiger partial charge in [-0.25, -0.2) is 0 Å². The summed E-state index contributed by atoms with van der Waals surface area (Å²) in [6.45, 7) is 6.72. The van der Waals surface area contributed by atoms with E-state index in [9.17, 15) is 14.4 Å². The lowest BCUT2D eigenvalue weighted by molar-refractivity contribution is -0.167. The highest BCUT2D eigenvalue weighted by Crippen LogP contribution is 2.20. The van der Waals surface area contributed by atoms with Gasteiger partial charge in [-0.1, -0.05) is 392 Å². The number of unbranched alkanes of at least 4 members (excludes halogenated alkanes) is 59. The smallest absolute Gasteiger partial charge is 0.306 e. The molecule has 0 fully saturated rings. The Labute approximate surface area is 520 Å². The number of hydrogen-bond acceptors (Lipinski definition) is 6. The van der Waals surface area contributed by atoms with Gasteiger partial charge in [0.25, 0.3) is 0 Å². The van der Waals surface area contributed by atoms with Crippen molar-refractivity contribution in [3.05, 3.63) is 12.2 Å². The third-order valence-electron chi connectivity index (χ3n) is 17.8. The third kappa shape index (κ3) is 70.8. The molecule has 0 aliphatic carbocycles. The van der Waals surface area contributed by atoms with Crippen molar-refractivity contribution >= 4 is 17.9 Å². The van der Waals surface area contributed by atoms with Gasteiger partial charge in [-0.3, -0.25) is 14.4 Å². The molecule has 1 unspecified atom stereocenters. The van der Waals surface area contributed by atoms with Gasteiger partial charge < -0.3 is 14.2 Å². The molecule has 0 saturated carbocycles. The third-order valence-corrected chi connectivity index (χ3v) is 17.8. The van der Waals surface area contributed by atoms with Crippen molar-refractivity contribution in [1.29, 1.82) is 0 Å². The highest BCUT2D eigenvalue weighted by atomic mass is 16.6. The summed E-state index contributed by atoms with van der Waals surface area (Å²) in [6, 6.07) is 0. The molecule has 83 heavy (non-hydrogen) atoms. The van der Waals surface area contributed by atoms with Crippen LogP contribution in [0.15, 0.2) is 12.2 Å². The van der Waals surface area contributed by atoms with Crippen LogP contribution in [0.3, 0.4) is 0 Å². The van der Waals surface area contributed by atoms with Crippen LogP contribution in [0.4, 0.5) is 0 Å². The number of carbonyl (C=O) groups is 3. The first-order chi connectivity index (χ1) is 41.0. The first kappa shape index (κ1) is 81.2. The van der Waals surface area contributed by atoms with Crippen molar-refractivity contribution in [3.63, 3.8) is 0 Å². The minimum Gasteiger partial charge on any atom is -0.462 e. The summed E-state index contributed by atoms with van der Waals surface area (Å²) in [6.07, 6.45) is 88.4. The minimum absolute atomic E-state index is 0.0655. The maximum absolute atomic E-state index is 13.0. The topological polar surface area (TPSA) is 78.9 Å². The van der Waals surface area contributed by atoms with Gasteiger partial charge in [-0.2, -0.15) is 0 Å². The van der Waals surface area contributed by atoms with Crippen LogP contribution in [0, 0.1) is 0 Å². The highest BCUT2D eigenvalue weighted by Gasteiger charge is 2.20. The van der Waals surface area contributed by atoms with Crippen LogP contribution in [-0.4, -0.2) is 37.2 Å². The fourth-order valence-electron chi connectivity index (χ4n) is 12.0. The first-order valence-corrected chi connectivity index (χ1v) is 38.2. The molecule has 6 heteroatoms. The number of rotatable bonds is 72. The second kappa shape index (κ2) is 72.6. The van der Waals surface area contributed by atoms with E-state index in [0.717, 1.165) is 64.2 Å². The normalized spacial score (nSPS) is 12.0. The van der Waals surface area contributed by atoms with E-state index in [2.05, 4.69) is 32.9 Å². The Hall–Kier alpha value is -1.85. The zero-order valence-corrected chi connectivity index (χ0v) is 56.8. The molecule has 0 aromatic carbocycles. The van der Waals surface area contributed by atoms with Gasteiger partial charge >= 0.3 is 17.9 Å². The van der Waals surface area contributed by atoms with Crippen LogP contribution < -0.4 is 0 Å². The summed E-state index contributed by atoms with van der Waals surface area (Å²) in [5.41, 5.74) is 0. The predicted octanol–water partition coefficient (Wildman–Crippen LogP) is 26.3. The van der Waals surface area contributed by atoms with Crippen molar-refractivity contribution in [2.75, 3.05) is 13.2 Å². The summed E-state index contributed by atoms with van der Waals surface area (Å²) < 4.78 is 17.0. The quantitative estimate of drug-likeness (QED) is 0.0261. The van der Waals surface area contributed by atoms with Gasteiger partial charge in [0.2, 0.25) is 0 Å². The van der Waals surface area contributed by atoms with Crippen LogP contribution in [0.25, 0.3) is 0 Å². The summed E-state index contributed by atoms with van der Waals surface area (Å²) in [5, 5.41) is 0. The van der Waals surface area contributed by atoms with Crippen molar-refractivity contribution in [2.24, 2.45) is 0 Å². The summed E-state index contributed by atoms with van der Waals surface area (Å²) in [7, 11) is 0. The maximum atomic E-state index is 13.0. The molecule has 0 aliphatic rings. The SMILES string of the molecule is CCCCCCC/C=C\CCCCCCCC(=O)OCC(COC(=O)CCCCCCCCCCCCCCCCCCCCCCCCCCCCCCCCC)OC(=O)CCCCCCCCCCCCCCCCCCCCCC. The number of hydrogen-bond donors (Lipinski definition) is 0.